The molecule has 13 heavy (non-hydrogen) atoms. The van der Waals surface area contributed by atoms with E-state index < -0.39 is 0 Å². The Hall–Kier alpha value is -1.06. The molecule has 4 heteroatoms. The van der Waals surface area contributed by atoms with Crippen LogP contribution in [0.2, 0.25) is 0 Å². The maximum absolute atomic E-state index is 11.6. The number of amides is 2. The van der Waals surface area contributed by atoms with E-state index in [4.69, 9.17) is 5.73 Å². The zero-order valence-corrected chi connectivity index (χ0v) is 7.69. The summed E-state index contributed by atoms with van der Waals surface area (Å²) >= 11 is 0. The van der Waals surface area contributed by atoms with E-state index in [1.54, 1.807) is 4.90 Å². The minimum absolute atomic E-state index is 0.0761. The van der Waals surface area contributed by atoms with E-state index in [1.807, 2.05) is 6.92 Å². The summed E-state index contributed by atoms with van der Waals surface area (Å²) in [6, 6.07) is -0.0533. The lowest BCUT2D eigenvalue weighted by Gasteiger charge is -2.21. The lowest BCUT2D eigenvalue weighted by molar-refractivity contribution is -0.137. The Balaban J connectivity index is 2.21. The molecule has 2 rings (SSSR count). The summed E-state index contributed by atoms with van der Waals surface area (Å²) in [5.41, 5.74) is 5.23. The van der Waals surface area contributed by atoms with Crippen LogP contribution in [0.25, 0.3) is 0 Å². The fraction of sp³-hybridized carbons (Fsp3) is 0.778. The molecule has 0 radical (unpaired) electrons. The van der Waals surface area contributed by atoms with Gasteiger partial charge in [0.1, 0.15) is 6.04 Å². The van der Waals surface area contributed by atoms with Crippen molar-refractivity contribution in [2.24, 2.45) is 11.7 Å². The van der Waals surface area contributed by atoms with E-state index in [1.165, 1.54) is 0 Å². The molecule has 3 atom stereocenters. The van der Waals surface area contributed by atoms with E-state index in [-0.39, 0.29) is 29.8 Å². The van der Waals surface area contributed by atoms with Crippen LogP contribution in [0.4, 0.5) is 0 Å². The van der Waals surface area contributed by atoms with Gasteiger partial charge in [0.05, 0.1) is 0 Å². The second-order valence-corrected chi connectivity index (χ2v) is 4.03. The number of primary amides is 1. The number of carbonyl (C=O) groups is 2. The molecule has 0 spiro atoms. The summed E-state index contributed by atoms with van der Waals surface area (Å²) in [5.74, 6) is -0.177. The Morgan fingerprint density at radius 1 is 1.54 bits per heavy atom. The predicted octanol–water partition coefficient (Wildman–Crippen LogP) is -0.129. The lowest BCUT2D eigenvalue weighted by atomic mass is 10.0. The highest BCUT2D eigenvalue weighted by molar-refractivity contribution is 5.89. The number of hydrogen-bond donors (Lipinski definition) is 1. The van der Waals surface area contributed by atoms with Gasteiger partial charge in [-0.05, 0) is 19.3 Å². The third-order valence-corrected chi connectivity index (χ3v) is 3.13. The van der Waals surface area contributed by atoms with Crippen LogP contribution in [0.3, 0.4) is 0 Å². The Morgan fingerprint density at radius 3 is 2.85 bits per heavy atom. The maximum atomic E-state index is 11.6. The standard InChI is InChI=1S/C9H14N2O2/c1-5-4-6-2-3-7(8(10)12)11(6)9(5)13/h5-7H,2-4H2,1H3,(H2,10,12)/t5-,6-,7-/m0/s1. The van der Waals surface area contributed by atoms with Crippen LogP contribution in [0.5, 0.6) is 0 Å². The van der Waals surface area contributed by atoms with E-state index in [0.29, 0.717) is 0 Å². The topological polar surface area (TPSA) is 63.4 Å². The van der Waals surface area contributed by atoms with Crippen molar-refractivity contribution in [2.45, 2.75) is 38.3 Å². The van der Waals surface area contributed by atoms with Crippen molar-refractivity contribution in [1.29, 1.82) is 0 Å². The molecular formula is C9H14N2O2. The first kappa shape index (κ1) is 8.53. The average Bonchev–Trinajstić information content (AvgIpc) is 2.55. The molecule has 2 fully saturated rings. The Kier molecular flexibility index (Phi) is 1.78. The molecule has 2 aliphatic heterocycles. The summed E-state index contributed by atoms with van der Waals surface area (Å²) < 4.78 is 0. The molecule has 0 aliphatic carbocycles. The number of rotatable bonds is 1. The first-order valence-corrected chi connectivity index (χ1v) is 4.72. The van der Waals surface area contributed by atoms with E-state index in [2.05, 4.69) is 0 Å². The van der Waals surface area contributed by atoms with E-state index in [0.717, 1.165) is 19.3 Å². The SMILES string of the molecule is C[C@H]1C[C@@H]2CC[C@@H](C(N)=O)N2C1=O. The molecule has 2 N–H and O–H groups in total. The first-order chi connectivity index (χ1) is 6.11. The third kappa shape index (κ3) is 1.12. The van der Waals surface area contributed by atoms with Gasteiger partial charge in [0.15, 0.2) is 0 Å². The van der Waals surface area contributed by atoms with Gasteiger partial charge in [-0.25, -0.2) is 0 Å². The van der Waals surface area contributed by atoms with Crippen molar-refractivity contribution < 1.29 is 9.59 Å². The zero-order chi connectivity index (χ0) is 9.59. The third-order valence-electron chi connectivity index (χ3n) is 3.13. The summed E-state index contributed by atoms with van der Waals surface area (Å²) in [4.78, 5) is 24.3. The predicted molar refractivity (Wildman–Crippen MR) is 46.6 cm³/mol. The maximum Gasteiger partial charge on any atom is 0.240 e. The van der Waals surface area contributed by atoms with Crippen LogP contribution >= 0.6 is 0 Å². The highest BCUT2D eigenvalue weighted by atomic mass is 16.2. The summed E-state index contributed by atoms with van der Waals surface area (Å²) in [6.07, 6.45) is 2.57. The molecule has 2 heterocycles. The Bertz CT molecular complexity index is 264. The summed E-state index contributed by atoms with van der Waals surface area (Å²) in [7, 11) is 0. The number of fused-ring (bicyclic) bond motifs is 1. The second-order valence-electron chi connectivity index (χ2n) is 4.03. The minimum atomic E-state index is -0.357. The number of nitrogens with zero attached hydrogens (tertiary/aromatic N) is 1. The van der Waals surface area contributed by atoms with Gasteiger partial charge in [-0.15, -0.1) is 0 Å². The molecular weight excluding hydrogens is 168 g/mol. The molecule has 0 unspecified atom stereocenters. The molecule has 4 nitrogen and oxygen atoms in total. The van der Waals surface area contributed by atoms with Crippen LogP contribution in [-0.2, 0) is 9.59 Å². The van der Waals surface area contributed by atoms with Gasteiger partial charge < -0.3 is 10.6 Å². The quantitative estimate of drug-likeness (QED) is 0.614. The van der Waals surface area contributed by atoms with E-state index >= 15 is 0 Å². The first-order valence-electron chi connectivity index (χ1n) is 4.72. The Labute approximate surface area is 77.1 Å². The monoisotopic (exact) mass is 182 g/mol. The smallest absolute Gasteiger partial charge is 0.240 e. The van der Waals surface area contributed by atoms with Crippen LogP contribution < -0.4 is 5.73 Å². The highest BCUT2D eigenvalue weighted by Gasteiger charge is 2.46. The van der Waals surface area contributed by atoms with Crippen molar-refractivity contribution in [2.75, 3.05) is 0 Å². The van der Waals surface area contributed by atoms with Crippen molar-refractivity contribution in [3.63, 3.8) is 0 Å². The number of hydrogen-bond acceptors (Lipinski definition) is 2. The van der Waals surface area contributed by atoms with Crippen molar-refractivity contribution >= 4 is 11.8 Å². The van der Waals surface area contributed by atoms with Crippen molar-refractivity contribution in [3.05, 3.63) is 0 Å². The summed E-state index contributed by atoms with van der Waals surface area (Å²) in [5, 5.41) is 0. The molecule has 2 saturated heterocycles. The molecule has 0 bridgehead atoms. The van der Waals surface area contributed by atoms with Gasteiger partial charge in [0.25, 0.3) is 0 Å². The molecule has 0 aromatic carbocycles. The molecule has 0 saturated carbocycles. The van der Waals surface area contributed by atoms with Gasteiger partial charge in [-0.2, -0.15) is 0 Å². The number of nitrogens with two attached hydrogens (primary N) is 1. The molecule has 2 amide bonds. The largest absolute Gasteiger partial charge is 0.368 e. The molecule has 2 aliphatic rings. The second kappa shape index (κ2) is 2.72. The van der Waals surface area contributed by atoms with Crippen LogP contribution in [0, 0.1) is 5.92 Å². The van der Waals surface area contributed by atoms with Gasteiger partial charge in [-0.1, -0.05) is 6.92 Å². The average molecular weight is 182 g/mol. The van der Waals surface area contributed by atoms with Gasteiger partial charge >= 0.3 is 0 Å². The fourth-order valence-electron chi connectivity index (χ4n) is 2.49. The Morgan fingerprint density at radius 2 is 2.23 bits per heavy atom. The molecule has 0 aromatic rings. The summed E-state index contributed by atoms with van der Waals surface area (Å²) in [6.45, 7) is 1.92. The lowest BCUT2D eigenvalue weighted by Crippen LogP contribution is -2.44. The van der Waals surface area contributed by atoms with Gasteiger partial charge in [0, 0.05) is 12.0 Å². The minimum Gasteiger partial charge on any atom is -0.368 e. The molecule has 0 aromatic heterocycles. The van der Waals surface area contributed by atoms with Crippen LogP contribution in [0.15, 0.2) is 0 Å². The highest BCUT2D eigenvalue weighted by Crippen LogP contribution is 2.35. The van der Waals surface area contributed by atoms with Crippen molar-refractivity contribution in [1.82, 2.24) is 4.90 Å². The normalized spacial score (nSPS) is 38.1. The zero-order valence-electron chi connectivity index (χ0n) is 7.69. The van der Waals surface area contributed by atoms with Crippen LogP contribution in [0.1, 0.15) is 26.2 Å². The molecule has 72 valence electrons. The number of carbonyl (C=O) groups excluding carboxylic acids is 2. The van der Waals surface area contributed by atoms with Crippen LogP contribution in [-0.4, -0.2) is 28.8 Å². The van der Waals surface area contributed by atoms with E-state index in [9.17, 15) is 9.59 Å². The van der Waals surface area contributed by atoms with Crippen molar-refractivity contribution in [3.8, 4) is 0 Å². The van der Waals surface area contributed by atoms with Gasteiger partial charge in [0.2, 0.25) is 11.8 Å². The van der Waals surface area contributed by atoms with Gasteiger partial charge in [-0.3, -0.25) is 9.59 Å². The fourth-order valence-corrected chi connectivity index (χ4v) is 2.49.